The number of nitriles is 1. The maximum absolute atomic E-state index is 9.68. The lowest BCUT2D eigenvalue weighted by Gasteiger charge is -2.38. The Balaban J connectivity index is 2.24. The largest absolute Gasteiger partial charge is 0.297 e. The van der Waals surface area contributed by atoms with E-state index in [1.165, 1.54) is 0 Å². The number of nitrogens with one attached hydrogen (secondary N) is 1. The molecule has 0 aliphatic heterocycles. The summed E-state index contributed by atoms with van der Waals surface area (Å²) in [5.74, 6) is 1.96. The minimum Gasteiger partial charge on any atom is -0.297 e. The molecule has 2 atom stereocenters. The molecule has 5 nitrogen and oxygen atoms in total. The fourth-order valence-electron chi connectivity index (χ4n) is 3.36. The summed E-state index contributed by atoms with van der Waals surface area (Å²) in [7, 11) is 0. The van der Waals surface area contributed by atoms with Gasteiger partial charge >= 0.3 is 0 Å². The zero-order valence-electron chi connectivity index (χ0n) is 13.7. The van der Waals surface area contributed by atoms with Crippen molar-refractivity contribution in [3.05, 3.63) is 11.6 Å². The van der Waals surface area contributed by atoms with Crippen molar-refractivity contribution in [3.8, 4) is 6.07 Å². The van der Waals surface area contributed by atoms with E-state index in [1.807, 2.05) is 0 Å². The van der Waals surface area contributed by atoms with Gasteiger partial charge in [-0.15, -0.1) is 0 Å². The van der Waals surface area contributed by atoms with E-state index in [-0.39, 0.29) is 6.04 Å². The molecule has 0 aromatic carbocycles. The highest BCUT2D eigenvalue weighted by Gasteiger charge is 2.38. The van der Waals surface area contributed by atoms with Crippen LogP contribution >= 0.6 is 0 Å². The van der Waals surface area contributed by atoms with Crippen molar-refractivity contribution in [1.82, 2.24) is 20.1 Å². The zero-order valence-corrected chi connectivity index (χ0v) is 13.7. The van der Waals surface area contributed by atoms with Crippen LogP contribution in [0.3, 0.4) is 0 Å². The Kier molecular flexibility index (Phi) is 5.00. The first-order valence-electron chi connectivity index (χ1n) is 8.16. The van der Waals surface area contributed by atoms with Crippen LogP contribution in [-0.2, 0) is 12.8 Å². The Bertz CT molecular complexity index is 513. The van der Waals surface area contributed by atoms with E-state index in [1.54, 1.807) is 0 Å². The molecule has 0 radical (unpaired) electrons. The predicted molar refractivity (Wildman–Crippen MR) is 82.9 cm³/mol. The fourth-order valence-corrected chi connectivity index (χ4v) is 3.36. The average molecular weight is 289 g/mol. The van der Waals surface area contributed by atoms with Crippen molar-refractivity contribution in [2.45, 2.75) is 83.8 Å². The van der Waals surface area contributed by atoms with Crippen molar-refractivity contribution in [3.63, 3.8) is 0 Å². The van der Waals surface area contributed by atoms with Gasteiger partial charge in [0, 0.05) is 25.3 Å². The zero-order chi connectivity index (χ0) is 15.5. The molecule has 1 aromatic heterocycles. The summed E-state index contributed by atoms with van der Waals surface area (Å²) < 4.78 is 2.09. The summed E-state index contributed by atoms with van der Waals surface area (Å²) in [6.07, 6.45) is 5.64. The minimum atomic E-state index is -0.416. The quantitative estimate of drug-likeness (QED) is 0.905. The second-order valence-corrected chi connectivity index (χ2v) is 6.34. The molecule has 2 rings (SSSR count). The van der Waals surface area contributed by atoms with Crippen LogP contribution in [-0.4, -0.2) is 26.3 Å². The molecule has 0 spiro atoms. The van der Waals surface area contributed by atoms with Gasteiger partial charge in [0.1, 0.15) is 11.4 Å². The molecule has 1 saturated carbocycles. The fraction of sp³-hybridized carbons (Fsp3) is 0.812. The van der Waals surface area contributed by atoms with Gasteiger partial charge < -0.3 is 0 Å². The highest BCUT2D eigenvalue weighted by Crippen LogP contribution is 2.35. The van der Waals surface area contributed by atoms with Gasteiger partial charge in [-0.2, -0.15) is 10.4 Å². The van der Waals surface area contributed by atoms with Crippen LogP contribution in [0.25, 0.3) is 0 Å². The lowest BCUT2D eigenvalue weighted by atomic mass is 9.79. The summed E-state index contributed by atoms with van der Waals surface area (Å²) in [4.78, 5) is 4.61. The van der Waals surface area contributed by atoms with Crippen LogP contribution in [0, 0.1) is 11.3 Å². The molecule has 21 heavy (non-hydrogen) atoms. The van der Waals surface area contributed by atoms with Crippen molar-refractivity contribution >= 4 is 0 Å². The van der Waals surface area contributed by atoms with Gasteiger partial charge in [0.15, 0.2) is 5.82 Å². The second kappa shape index (κ2) is 6.57. The first kappa shape index (κ1) is 16.0. The van der Waals surface area contributed by atoms with Crippen LogP contribution in [0.1, 0.15) is 71.1 Å². The molecule has 5 heteroatoms. The number of hydrogen-bond donors (Lipinski definition) is 1. The van der Waals surface area contributed by atoms with Crippen LogP contribution in [0.15, 0.2) is 0 Å². The topological polar surface area (TPSA) is 66.5 Å². The van der Waals surface area contributed by atoms with E-state index in [9.17, 15) is 5.26 Å². The van der Waals surface area contributed by atoms with Crippen molar-refractivity contribution in [2.24, 2.45) is 0 Å². The highest BCUT2D eigenvalue weighted by molar-refractivity contribution is 5.12. The molecule has 1 aromatic rings. The third kappa shape index (κ3) is 3.44. The van der Waals surface area contributed by atoms with Gasteiger partial charge in [0.25, 0.3) is 0 Å². The molecule has 1 aliphatic rings. The Morgan fingerprint density at radius 1 is 1.43 bits per heavy atom. The summed E-state index contributed by atoms with van der Waals surface area (Å²) in [5.41, 5.74) is -0.416. The summed E-state index contributed by atoms with van der Waals surface area (Å²) >= 11 is 0. The third-order valence-corrected chi connectivity index (χ3v) is 4.23. The maximum Gasteiger partial charge on any atom is 0.150 e. The lowest BCUT2D eigenvalue weighted by molar-refractivity contribution is 0.206. The van der Waals surface area contributed by atoms with Crippen molar-refractivity contribution in [1.29, 1.82) is 5.26 Å². The smallest absolute Gasteiger partial charge is 0.150 e. The number of aryl methyl sites for hydroxylation is 2. The van der Waals surface area contributed by atoms with Gasteiger partial charge in [-0.3, -0.25) is 5.32 Å². The number of hydrogen-bond acceptors (Lipinski definition) is 4. The predicted octanol–water partition coefficient (Wildman–Crippen LogP) is 2.78. The van der Waals surface area contributed by atoms with Crippen molar-refractivity contribution in [2.75, 3.05) is 0 Å². The van der Waals surface area contributed by atoms with Crippen molar-refractivity contribution < 1.29 is 0 Å². The molecular weight excluding hydrogens is 262 g/mol. The van der Waals surface area contributed by atoms with Gasteiger partial charge in [-0.1, -0.05) is 13.8 Å². The normalized spacial score (nSPS) is 26.0. The summed E-state index contributed by atoms with van der Waals surface area (Å²) in [6, 6.07) is 3.13. The molecule has 2 unspecified atom stereocenters. The van der Waals surface area contributed by atoms with E-state index in [0.29, 0.717) is 6.04 Å². The van der Waals surface area contributed by atoms with Gasteiger partial charge in [0.2, 0.25) is 0 Å². The monoisotopic (exact) mass is 289 g/mol. The standard InChI is InChI=1S/C16H27N5/c1-5-14-18-15(6-2)21(20-14)13-8-7-9-16(10-13,11-17)19-12(3)4/h12-13,19H,5-10H2,1-4H3. The van der Waals surface area contributed by atoms with E-state index in [0.717, 1.165) is 50.2 Å². The Morgan fingerprint density at radius 3 is 2.76 bits per heavy atom. The van der Waals surface area contributed by atoms with Gasteiger partial charge in [0.05, 0.1) is 12.1 Å². The Labute approximate surface area is 127 Å². The Morgan fingerprint density at radius 2 is 2.19 bits per heavy atom. The first-order valence-corrected chi connectivity index (χ1v) is 8.16. The molecular formula is C16H27N5. The molecule has 0 amide bonds. The van der Waals surface area contributed by atoms with Crippen LogP contribution in [0.5, 0.6) is 0 Å². The summed E-state index contributed by atoms with van der Waals surface area (Å²) in [6.45, 7) is 8.40. The minimum absolute atomic E-state index is 0.285. The third-order valence-electron chi connectivity index (χ3n) is 4.23. The highest BCUT2D eigenvalue weighted by atomic mass is 15.4. The molecule has 1 N–H and O–H groups in total. The van der Waals surface area contributed by atoms with E-state index in [4.69, 9.17) is 0 Å². The number of nitrogens with zero attached hydrogens (tertiary/aromatic N) is 4. The molecule has 1 fully saturated rings. The first-order chi connectivity index (χ1) is 10.0. The molecule has 1 aliphatic carbocycles. The maximum atomic E-state index is 9.68. The van der Waals surface area contributed by atoms with E-state index >= 15 is 0 Å². The lowest BCUT2D eigenvalue weighted by Crippen LogP contribution is -2.50. The molecule has 1 heterocycles. The van der Waals surface area contributed by atoms with Gasteiger partial charge in [-0.25, -0.2) is 9.67 Å². The second-order valence-electron chi connectivity index (χ2n) is 6.34. The molecule has 0 bridgehead atoms. The number of aromatic nitrogens is 3. The van der Waals surface area contributed by atoms with Crippen LogP contribution in [0.2, 0.25) is 0 Å². The van der Waals surface area contributed by atoms with Crippen LogP contribution in [0.4, 0.5) is 0 Å². The molecule has 0 saturated heterocycles. The Hall–Kier alpha value is -1.41. The van der Waals surface area contributed by atoms with Gasteiger partial charge in [-0.05, 0) is 33.1 Å². The SMILES string of the molecule is CCc1nc(CC)n(C2CCCC(C#N)(NC(C)C)C2)n1. The van der Waals surface area contributed by atoms with E-state index in [2.05, 4.69) is 53.8 Å². The summed E-state index contributed by atoms with van der Waals surface area (Å²) in [5, 5.41) is 17.8. The molecule has 116 valence electrons. The van der Waals surface area contributed by atoms with Crippen LogP contribution < -0.4 is 5.32 Å². The average Bonchev–Trinajstić information content (AvgIpc) is 2.90. The van der Waals surface area contributed by atoms with E-state index < -0.39 is 5.54 Å². The number of rotatable bonds is 5.